The number of ether oxygens (including phenoxy) is 2. The molecule has 0 bridgehead atoms. The van der Waals surface area contributed by atoms with Gasteiger partial charge in [0.05, 0.1) is 0 Å². The number of fused-ring (bicyclic) bond motifs is 4. The Bertz CT molecular complexity index is 1220. The highest BCUT2D eigenvalue weighted by atomic mass is 16.5. The minimum Gasteiger partial charge on any atom is -0.457 e. The normalized spacial score (nSPS) is 13.3. The van der Waals surface area contributed by atoms with Crippen LogP contribution in [0, 0.1) is 0 Å². The predicted molar refractivity (Wildman–Crippen MR) is 111 cm³/mol. The van der Waals surface area contributed by atoms with Crippen LogP contribution in [-0.2, 0) is 12.8 Å². The SMILES string of the molecule is c1ccc2c(c1)Cc1cc(-c3cccc4c3Cc3ccccc3O4)ccc1O2. The maximum absolute atomic E-state index is 6.17. The van der Waals surface area contributed by atoms with Gasteiger partial charge in [-0.2, -0.15) is 0 Å². The average molecular weight is 362 g/mol. The Kier molecular flexibility index (Phi) is 3.33. The zero-order valence-electron chi connectivity index (χ0n) is 15.3. The second-order valence-electron chi connectivity index (χ2n) is 7.38. The Labute approximate surface area is 164 Å². The smallest absolute Gasteiger partial charge is 0.131 e. The van der Waals surface area contributed by atoms with E-state index in [1.807, 2.05) is 24.3 Å². The van der Waals surface area contributed by atoms with Crippen molar-refractivity contribution >= 4 is 0 Å². The third-order valence-corrected chi connectivity index (χ3v) is 5.64. The lowest BCUT2D eigenvalue weighted by atomic mass is 9.90. The molecule has 0 radical (unpaired) electrons. The Morgan fingerprint density at radius 1 is 0.500 bits per heavy atom. The second kappa shape index (κ2) is 6.00. The van der Waals surface area contributed by atoms with E-state index in [2.05, 4.69) is 60.7 Å². The summed E-state index contributed by atoms with van der Waals surface area (Å²) in [5, 5.41) is 0. The molecule has 0 aliphatic carbocycles. The number of hydrogen-bond donors (Lipinski definition) is 0. The van der Waals surface area contributed by atoms with Crippen LogP contribution < -0.4 is 9.47 Å². The summed E-state index contributed by atoms with van der Waals surface area (Å²) in [4.78, 5) is 0. The fourth-order valence-electron chi connectivity index (χ4n) is 4.23. The Morgan fingerprint density at radius 3 is 1.96 bits per heavy atom. The van der Waals surface area contributed by atoms with Crippen molar-refractivity contribution in [2.45, 2.75) is 12.8 Å². The van der Waals surface area contributed by atoms with Gasteiger partial charge in [-0.3, -0.25) is 0 Å². The topological polar surface area (TPSA) is 18.5 Å². The van der Waals surface area contributed by atoms with Gasteiger partial charge < -0.3 is 9.47 Å². The number of benzene rings is 4. The van der Waals surface area contributed by atoms with Gasteiger partial charge in [-0.05, 0) is 58.1 Å². The molecule has 28 heavy (non-hydrogen) atoms. The van der Waals surface area contributed by atoms with Gasteiger partial charge in [-0.15, -0.1) is 0 Å². The van der Waals surface area contributed by atoms with Gasteiger partial charge in [0.15, 0.2) is 0 Å². The molecule has 0 aromatic heterocycles. The summed E-state index contributed by atoms with van der Waals surface area (Å²) in [5.41, 5.74) is 7.39. The summed E-state index contributed by atoms with van der Waals surface area (Å²) < 4.78 is 12.3. The third-order valence-electron chi connectivity index (χ3n) is 5.64. The predicted octanol–water partition coefficient (Wildman–Crippen LogP) is 6.75. The van der Waals surface area contributed by atoms with Gasteiger partial charge in [0.2, 0.25) is 0 Å². The molecule has 2 aliphatic rings. The van der Waals surface area contributed by atoms with Crippen molar-refractivity contribution in [3.05, 3.63) is 107 Å². The molecule has 134 valence electrons. The van der Waals surface area contributed by atoms with Crippen LogP contribution in [0.15, 0.2) is 84.9 Å². The fraction of sp³-hybridized carbons (Fsp3) is 0.0769. The molecule has 2 aliphatic heterocycles. The number of rotatable bonds is 1. The highest BCUT2D eigenvalue weighted by Gasteiger charge is 2.22. The lowest BCUT2D eigenvalue weighted by Crippen LogP contribution is -2.05. The van der Waals surface area contributed by atoms with Gasteiger partial charge in [-0.1, -0.05) is 54.6 Å². The molecule has 0 atom stereocenters. The minimum atomic E-state index is 0.887. The van der Waals surface area contributed by atoms with Crippen molar-refractivity contribution in [2.75, 3.05) is 0 Å². The molecule has 0 unspecified atom stereocenters. The molecule has 2 heterocycles. The number of hydrogen-bond acceptors (Lipinski definition) is 2. The highest BCUT2D eigenvalue weighted by Crippen LogP contribution is 2.43. The first-order valence-electron chi connectivity index (χ1n) is 9.62. The molecule has 2 nitrogen and oxygen atoms in total. The van der Waals surface area contributed by atoms with Crippen molar-refractivity contribution in [1.29, 1.82) is 0 Å². The summed E-state index contributed by atoms with van der Waals surface area (Å²) in [6, 6.07) is 29.4. The first kappa shape index (κ1) is 15.5. The molecule has 0 fully saturated rings. The van der Waals surface area contributed by atoms with E-state index in [9.17, 15) is 0 Å². The maximum atomic E-state index is 6.17. The summed E-state index contributed by atoms with van der Waals surface area (Å²) in [7, 11) is 0. The van der Waals surface area contributed by atoms with E-state index >= 15 is 0 Å². The molecule has 4 aromatic carbocycles. The quantitative estimate of drug-likeness (QED) is 0.322. The average Bonchev–Trinajstić information content (AvgIpc) is 2.75. The summed E-state index contributed by atoms with van der Waals surface area (Å²) in [5.74, 6) is 3.83. The van der Waals surface area contributed by atoms with Crippen LogP contribution in [0.2, 0.25) is 0 Å². The van der Waals surface area contributed by atoms with Crippen LogP contribution >= 0.6 is 0 Å². The zero-order valence-corrected chi connectivity index (χ0v) is 15.3. The van der Waals surface area contributed by atoms with E-state index in [1.165, 1.54) is 33.4 Å². The van der Waals surface area contributed by atoms with E-state index in [4.69, 9.17) is 9.47 Å². The van der Waals surface area contributed by atoms with Crippen molar-refractivity contribution in [3.8, 4) is 34.1 Å². The summed E-state index contributed by atoms with van der Waals surface area (Å²) in [6.45, 7) is 0. The van der Waals surface area contributed by atoms with Gasteiger partial charge >= 0.3 is 0 Å². The monoisotopic (exact) mass is 362 g/mol. The standard InChI is InChI=1S/C26H18O2/c1-3-9-23-18(6-1)15-20-14-17(12-13-25(20)27-23)21-8-5-11-26-22(21)16-19-7-2-4-10-24(19)28-26/h1-14H,15-16H2. The second-order valence-corrected chi connectivity index (χ2v) is 7.38. The van der Waals surface area contributed by atoms with Crippen LogP contribution in [0.5, 0.6) is 23.0 Å². The van der Waals surface area contributed by atoms with E-state index in [0.717, 1.165) is 35.8 Å². The molecular formula is C26H18O2. The molecule has 2 heteroatoms. The van der Waals surface area contributed by atoms with Crippen LogP contribution in [0.3, 0.4) is 0 Å². The van der Waals surface area contributed by atoms with Crippen LogP contribution in [0.4, 0.5) is 0 Å². The lowest BCUT2D eigenvalue weighted by Gasteiger charge is -2.24. The van der Waals surface area contributed by atoms with E-state index < -0.39 is 0 Å². The van der Waals surface area contributed by atoms with Crippen LogP contribution in [0.25, 0.3) is 11.1 Å². The summed E-state index contributed by atoms with van der Waals surface area (Å²) in [6.07, 6.45) is 1.78. The molecule has 6 rings (SSSR count). The van der Waals surface area contributed by atoms with Crippen LogP contribution in [0.1, 0.15) is 22.3 Å². The first-order chi connectivity index (χ1) is 13.8. The molecule has 0 saturated heterocycles. The van der Waals surface area contributed by atoms with E-state index in [-0.39, 0.29) is 0 Å². The lowest BCUT2D eigenvalue weighted by molar-refractivity contribution is 0.460. The molecule has 0 amide bonds. The Morgan fingerprint density at radius 2 is 1.14 bits per heavy atom. The van der Waals surface area contributed by atoms with Crippen molar-refractivity contribution in [3.63, 3.8) is 0 Å². The molecule has 0 N–H and O–H groups in total. The van der Waals surface area contributed by atoms with Gasteiger partial charge in [0.25, 0.3) is 0 Å². The zero-order chi connectivity index (χ0) is 18.5. The van der Waals surface area contributed by atoms with Crippen molar-refractivity contribution in [1.82, 2.24) is 0 Å². The largest absolute Gasteiger partial charge is 0.457 e. The fourth-order valence-corrected chi connectivity index (χ4v) is 4.23. The minimum absolute atomic E-state index is 0.887. The maximum Gasteiger partial charge on any atom is 0.131 e. The molecule has 0 saturated carbocycles. The first-order valence-corrected chi connectivity index (χ1v) is 9.62. The molecule has 0 spiro atoms. The van der Waals surface area contributed by atoms with Gasteiger partial charge in [-0.25, -0.2) is 0 Å². The Hall–Kier alpha value is -3.52. The summed E-state index contributed by atoms with van der Waals surface area (Å²) >= 11 is 0. The van der Waals surface area contributed by atoms with E-state index in [1.54, 1.807) is 0 Å². The van der Waals surface area contributed by atoms with Gasteiger partial charge in [0, 0.05) is 18.4 Å². The Balaban J connectivity index is 1.43. The van der Waals surface area contributed by atoms with Crippen molar-refractivity contribution < 1.29 is 9.47 Å². The number of para-hydroxylation sites is 2. The third kappa shape index (κ3) is 2.42. The van der Waals surface area contributed by atoms with Gasteiger partial charge in [0.1, 0.15) is 23.0 Å². The van der Waals surface area contributed by atoms with Crippen molar-refractivity contribution in [2.24, 2.45) is 0 Å². The van der Waals surface area contributed by atoms with Crippen LogP contribution in [-0.4, -0.2) is 0 Å². The molecular weight excluding hydrogens is 344 g/mol. The van der Waals surface area contributed by atoms with E-state index in [0.29, 0.717) is 0 Å². The molecule has 4 aromatic rings. The highest BCUT2D eigenvalue weighted by molar-refractivity contribution is 5.74.